The summed E-state index contributed by atoms with van der Waals surface area (Å²) in [6, 6.07) is 0.254. The molecule has 1 aromatic rings. The van der Waals surface area contributed by atoms with Gasteiger partial charge in [-0.2, -0.15) is 0 Å². The highest BCUT2D eigenvalue weighted by Crippen LogP contribution is 2.31. The fourth-order valence-corrected chi connectivity index (χ4v) is 3.56. The fourth-order valence-electron chi connectivity index (χ4n) is 3.56. The molecule has 1 aromatic heterocycles. The molecule has 2 aliphatic heterocycles. The molecule has 2 aliphatic rings. The Morgan fingerprint density at radius 3 is 3.00 bits per heavy atom. The Bertz CT molecular complexity index is 557. The van der Waals surface area contributed by atoms with Crippen molar-refractivity contribution in [3.05, 3.63) is 11.9 Å². The van der Waals surface area contributed by atoms with Crippen molar-refractivity contribution < 1.29 is 14.3 Å². The van der Waals surface area contributed by atoms with Gasteiger partial charge in [0.05, 0.1) is 31.1 Å². The highest BCUT2D eigenvalue weighted by atomic mass is 16.5. The quantitative estimate of drug-likeness (QED) is 0.785. The number of methoxy groups -OCH3 is 1. The van der Waals surface area contributed by atoms with Gasteiger partial charge in [0.15, 0.2) is 5.69 Å². The fraction of sp³-hybridized carbons (Fsp3) is 0.812. The highest BCUT2D eigenvalue weighted by Gasteiger charge is 2.33. The van der Waals surface area contributed by atoms with Crippen LogP contribution in [0.3, 0.4) is 0 Å². The number of piperidine rings is 1. The first kappa shape index (κ1) is 16.4. The van der Waals surface area contributed by atoms with Crippen molar-refractivity contribution in [2.75, 3.05) is 26.7 Å². The van der Waals surface area contributed by atoms with E-state index in [0.717, 1.165) is 45.3 Å². The normalized spacial score (nSPS) is 28.0. The number of rotatable bonds is 4. The number of aromatic nitrogens is 3. The molecule has 3 heterocycles. The van der Waals surface area contributed by atoms with Crippen LogP contribution in [0.1, 0.15) is 56.1 Å². The van der Waals surface area contributed by atoms with E-state index in [1.165, 1.54) is 7.11 Å². The number of nitrogens with zero attached hydrogens (tertiary/aromatic N) is 4. The van der Waals surface area contributed by atoms with Gasteiger partial charge in [-0.1, -0.05) is 5.21 Å². The van der Waals surface area contributed by atoms with Gasteiger partial charge in [-0.15, -0.1) is 5.10 Å². The lowest BCUT2D eigenvalue weighted by Gasteiger charge is -2.34. The zero-order valence-corrected chi connectivity index (χ0v) is 14.2. The van der Waals surface area contributed by atoms with E-state index >= 15 is 0 Å². The van der Waals surface area contributed by atoms with Gasteiger partial charge < -0.3 is 9.47 Å². The molecule has 0 spiro atoms. The molecule has 0 N–H and O–H groups in total. The minimum absolute atomic E-state index is 0.0151. The van der Waals surface area contributed by atoms with Crippen molar-refractivity contribution >= 4 is 5.97 Å². The van der Waals surface area contributed by atoms with Crippen LogP contribution in [0.4, 0.5) is 0 Å². The average molecular weight is 322 g/mol. The van der Waals surface area contributed by atoms with Gasteiger partial charge in [-0.3, -0.25) is 4.90 Å². The molecule has 0 unspecified atom stereocenters. The smallest absolute Gasteiger partial charge is 0.360 e. The van der Waals surface area contributed by atoms with E-state index in [-0.39, 0.29) is 17.3 Å². The summed E-state index contributed by atoms with van der Waals surface area (Å²) in [6.45, 7) is 7.31. The maximum absolute atomic E-state index is 11.5. The Balaban J connectivity index is 1.58. The Morgan fingerprint density at radius 1 is 1.48 bits per heavy atom. The van der Waals surface area contributed by atoms with Gasteiger partial charge in [0.2, 0.25) is 0 Å². The van der Waals surface area contributed by atoms with Crippen molar-refractivity contribution in [2.45, 2.75) is 57.3 Å². The van der Waals surface area contributed by atoms with E-state index in [1.807, 2.05) is 0 Å². The van der Waals surface area contributed by atoms with Crippen LogP contribution in [-0.4, -0.2) is 64.3 Å². The van der Waals surface area contributed by atoms with Crippen LogP contribution < -0.4 is 0 Å². The summed E-state index contributed by atoms with van der Waals surface area (Å²) < 4.78 is 12.6. The molecule has 2 atom stereocenters. The summed E-state index contributed by atoms with van der Waals surface area (Å²) in [5.74, 6) is -0.439. The third-order valence-electron chi connectivity index (χ3n) is 4.78. The molecule has 0 amide bonds. The van der Waals surface area contributed by atoms with Gasteiger partial charge in [-0.25, -0.2) is 9.48 Å². The molecule has 128 valence electrons. The number of hydrogen-bond donors (Lipinski definition) is 0. The van der Waals surface area contributed by atoms with Gasteiger partial charge in [0, 0.05) is 13.1 Å². The first-order valence-corrected chi connectivity index (χ1v) is 8.37. The van der Waals surface area contributed by atoms with Crippen LogP contribution in [0.15, 0.2) is 6.20 Å². The van der Waals surface area contributed by atoms with Crippen LogP contribution in [0.2, 0.25) is 0 Å². The van der Waals surface area contributed by atoms with E-state index in [4.69, 9.17) is 4.74 Å². The van der Waals surface area contributed by atoms with Gasteiger partial charge in [0.25, 0.3) is 0 Å². The van der Waals surface area contributed by atoms with Crippen LogP contribution >= 0.6 is 0 Å². The van der Waals surface area contributed by atoms with Crippen molar-refractivity contribution in [1.82, 2.24) is 19.9 Å². The lowest BCUT2D eigenvalue weighted by molar-refractivity contribution is -0.0328. The van der Waals surface area contributed by atoms with Gasteiger partial charge in [0.1, 0.15) is 0 Å². The molecule has 2 saturated heterocycles. The zero-order valence-electron chi connectivity index (χ0n) is 14.2. The second-order valence-corrected chi connectivity index (χ2v) is 7.17. The van der Waals surface area contributed by atoms with Crippen LogP contribution in [0.25, 0.3) is 0 Å². The number of carbonyl (C=O) groups is 1. The van der Waals surface area contributed by atoms with Crippen LogP contribution in [-0.2, 0) is 9.47 Å². The molecule has 0 saturated carbocycles. The lowest BCUT2D eigenvalue weighted by Crippen LogP contribution is -2.41. The summed E-state index contributed by atoms with van der Waals surface area (Å²) in [5.41, 5.74) is 0.284. The molecule has 23 heavy (non-hydrogen) atoms. The first-order valence-electron chi connectivity index (χ1n) is 8.37. The number of esters is 1. The summed E-state index contributed by atoms with van der Waals surface area (Å²) in [5, 5.41) is 8.01. The maximum Gasteiger partial charge on any atom is 0.360 e. The summed E-state index contributed by atoms with van der Waals surface area (Å²) in [6.07, 6.45) is 6.44. The molecule has 0 bridgehead atoms. The Hall–Kier alpha value is -1.47. The SMILES string of the molecule is COC(=O)c1cn([C@@H]2CCCN(C[C@H]3CCC(C)(C)O3)C2)nn1. The summed E-state index contributed by atoms with van der Waals surface area (Å²) >= 11 is 0. The molecule has 0 aromatic carbocycles. The summed E-state index contributed by atoms with van der Waals surface area (Å²) in [4.78, 5) is 13.9. The standard InChI is InChI=1S/C16H26N4O3/c1-16(2)7-6-13(23-16)10-19-8-4-5-12(9-19)20-11-14(17-18-20)15(21)22-3/h11-13H,4-10H2,1-3H3/t12-,13-/m1/s1. The van der Waals surface area contributed by atoms with Crippen LogP contribution in [0, 0.1) is 0 Å². The second-order valence-electron chi connectivity index (χ2n) is 7.17. The number of likely N-dealkylation sites (tertiary alicyclic amines) is 1. The van der Waals surface area contributed by atoms with E-state index in [2.05, 4.69) is 33.8 Å². The summed E-state index contributed by atoms with van der Waals surface area (Å²) in [7, 11) is 1.35. The number of carbonyl (C=O) groups excluding carboxylic acids is 1. The first-order chi connectivity index (χ1) is 11.0. The van der Waals surface area contributed by atoms with Crippen molar-refractivity contribution in [3.63, 3.8) is 0 Å². The molecule has 3 rings (SSSR count). The van der Waals surface area contributed by atoms with Crippen LogP contribution in [0.5, 0.6) is 0 Å². The van der Waals surface area contributed by atoms with Gasteiger partial charge >= 0.3 is 5.97 Å². The molecule has 0 aliphatic carbocycles. The average Bonchev–Trinajstić information content (AvgIpc) is 3.13. The minimum Gasteiger partial charge on any atom is -0.464 e. The van der Waals surface area contributed by atoms with Gasteiger partial charge in [-0.05, 0) is 46.1 Å². The maximum atomic E-state index is 11.5. The molecular weight excluding hydrogens is 296 g/mol. The van der Waals surface area contributed by atoms with E-state index < -0.39 is 5.97 Å². The Labute approximate surface area is 136 Å². The highest BCUT2D eigenvalue weighted by molar-refractivity contribution is 5.86. The molecule has 7 heteroatoms. The van der Waals surface area contributed by atoms with E-state index in [1.54, 1.807) is 10.9 Å². The Morgan fingerprint density at radius 2 is 2.30 bits per heavy atom. The third kappa shape index (κ3) is 3.90. The van der Waals surface area contributed by atoms with Crippen molar-refractivity contribution in [2.24, 2.45) is 0 Å². The second kappa shape index (κ2) is 6.57. The predicted molar refractivity (Wildman–Crippen MR) is 84.3 cm³/mol. The largest absolute Gasteiger partial charge is 0.464 e. The van der Waals surface area contributed by atoms with E-state index in [0.29, 0.717) is 6.10 Å². The molecule has 0 radical (unpaired) electrons. The minimum atomic E-state index is -0.439. The molecular formula is C16H26N4O3. The monoisotopic (exact) mass is 322 g/mol. The third-order valence-corrected chi connectivity index (χ3v) is 4.78. The van der Waals surface area contributed by atoms with E-state index in [9.17, 15) is 4.79 Å². The predicted octanol–water partition coefficient (Wildman–Crippen LogP) is 1.66. The molecule has 2 fully saturated rings. The van der Waals surface area contributed by atoms with Crippen molar-refractivity contribution in [3.8, 4) is 0 Å². The molecule has 7 nitrogen and oxygen atoms in total. The number of hydrogen-bond acceptors (Lipinski definition) is 6. The topological polar surface area (TPSA) is 69.5 Å². The number of ether oxygens (including phenoxy) is 2. The van der Waals surface area contributed by atoms with Crippen molar-refractivity contribution in [1.29, 1.82) is 0 Å². The Kier molecular flexibility index (Phi) is 4.68. The lowest BCUT2D eigenvalue weighted by atomic mass is 10.0. The zero-order chi connectivity index (χ0) is 16.4.